The monoisotopic (exact) mass is 405 g/mol. The van der Waals surface area contributed by atoms with E-state index in [0.29, 0.717) is 15.8 Å². The first-order chi connectivity index (χ1) is 10.3. The number of nitrogens with zero attached hydrogens (tertiary/aromatic N) is 1. The molecule has 0 fully saturated rings. The van der Waals surface area contributed by atoms with Crippen molar-refractivity contribution in [2.75, 3.05) is 4.90 Å². The van der Waals surface area contributed by atoms with E-state index < -0.39 is 17.8 Å². The highest BCUT2D eigenvalue weighted by atomic mass is 79.9. The lowest BCUT2D eigenvalue weighted by molar-refractivity contribution is 0.0146. The predicted octanol–water partition coefficient (Wildman–Crippen LogP) is 5.94. The van der Waals surface area contributed by atoms with Crippen LogP contribution in [0.3, 0.4) is 0 Å². The third-order valence-electron chi connectivity index (χ3n) is 2.84. The molecule has 0 saturated heterocycles. The van der Waals surface area contributed by atoms with E-state index in [1.165, 1.54) is 12.1 Å². The molecule has 0 saturated carbocycles. The van der Waals surface area contributed by atoms with Crippen molar-refractivity contribution in [2.24, 2.45) is 5.41 Å². The number of carbonyl (C=O) groups is 2. The van der Waals surface area contributed by atoms with Crippen LogP contribution in [-0.4, -0.2) is 22.9 Å². The summed E-state index contributed by atoms with van der Waals surface area (Å²) in [6.45, 7) is 9.55. The fourth-order valence-corrected chi connectivity index (χ4v) is 3.30. The molecule has 0 spiro atoms. The van der Waals surface area contributed by atoms with Gasteiger partial charge in [-0.2, -0.15) is 4.90 Å². The Bertz CT molecular complexity index is 611. The topological polar surface area (TPSA) is 66.8 Å². The molecule has 0 aliphatic carbocycles. The maximum absolute atomic E-state index is 12.4. The minimum atomic E-state index is -1.45. The van der Waals surface area contributed by atoms with Gasteiger partial charge in [0.2, 0.25) is 0 Å². The van der Waals surface area contributed by atoms with Crippen molar-refractivity contribution in [3.05, 3.63) is 27.7 Å². The Hall–Kier alpha value is -1.27. The number of rotatable bonds is 3. The summed E-state index contributed by atoms with van der Waals surface area (Å²) in [5.74, 6) is 0. The first-order valence-corrected chi connectivity index (χ1v) is 8.20. The second-order valence-electron chi connectivity index (χ2n) is 7.08. The lowest BCUT2D eigenvalue weighted by Gasteiger charge is -2.33. The molecule has 23 heavy (non-hydrogen) atoms. The van der Waals surface area contributed by atoms with Gasteiger partial charge in [0, 0.05) is 4.47 Å². The van der Waals surface area contributed by atoms with E-state index in [-0.39, 0.29) is 16.1 Å². The fourth-order valence-electron chi connectivity index (χ4n) is 2.54. The average molecular weight is 407 g/mol. The van der Waals surface area contributed by atoms with Crippen LogP contribution in [0.4, 0.5) is 15.3 Å². The maximum Gasteiger partial charge on any atom is 0.424 e. The van der Waals surface area contributed by atoms with Gasteiger partial charge < -0.3 is 9.84 Å². The summed E-state index contributed by atoms with van der Waals surface area (Å²) in [6, 6.07) is 4.56. The summed E-state index contributed by atoms with van der Waals surface area (Å²) in [6.07, 6.45) is -1.85. The first-order valence-electron chi connectivity index (χ1n) is 7.03. The van der Waals surface area contributed by atoms with Crippen molar-refractivity contribution >= 4 is 45.4 Å². The maximum atomic E-state index is 12.4. The number of anilines is 1. The number of ether oxygens (including phenoxy) is 1. The third-order valence-corrected chi connectivity index (χ3v) is 3.64. The normalized spacial score (nSPS) is 12.0. The van der Waals surface area contributed by atoms with Crippen LogP contribution in [0.15, 0.2) is 22.7 Å². The standard InChI is InChI=1S/C16H21BrClNO4/c1-15(2,3)9-16(4,5)23-14(22)19(13(20)21)12-7-6-10(17)8-11(12)18/h6-8H,9H2,1-5H3,(H,20,21). The van der Waals surface area contributed by atoms with E-state index in [1.54, 1.807) is 19.9 Å². The van der Waals surface area contributed by atoms with Crippen molar-refractivity contribution in [1.82, 2.24) is 0 Å². The number of halogens is 2. The van der Waals surface area contributed by atoms with Gasteiger partial charge in [0.1, 0.15) is 5.60 Å². The number of benzene rings is 1. The van der Waals surface area contributed by atoms with Crippen LogP contribution >= 0.6 is 27.5 Å². The molecule has 0 unspecified atom stereocenters. The summed E-state index contributed by atoms with van der Waals surface area (Å²) in [5, 5.41) is 9.51. The first kappa shape index (κ1) is 19.8. The molecule has 0 radical (unpaired) electrons. The van der Waals surface area contributed by atoms with E-state index in [2.05, 4.69) is 15.9 Å². The van der Waals surface area contributed by atoms with Gasteiger partial charge in [-0.1, -0.05) is 48.3 Å². The van der Waals surface area contributed by atoms with Crippen LogP contribution < -0.4 is 4.90 Å². The Morgan fingerprint density at radius 3 is 2.26 bits per heavy atom. The highest BCUT2D eigenvalue weighted by Gasteiger charge is 2.34. The Morgan fingerprint density at radius 2 is 1.83 bits per heavy atom. The van der Waals surface area contributed by atoms with Gasteiger partial charge in [0.15, 0.2) is 0 Å². The molecule has 0 atom stereocenters. The highest BCUT2D eigenvalue weighted by Crippen LogP contribution is 2.33. The highest BCUT2D eigenvalue weighted by molar-refractivity contribution is 9.10. The Morgan fingerprint density at radius 1 is 1.26 bits per heavy atom. The van der Waals surface area contributed by atoms with Crippen LogP contribution in [0.2, 0.25) is 5.02 Å². The number of carboxylic acid groups (broad SMARTS) is 1. The Labute approximate surface area is 149 Å². The molecule has 0 aliphatic rings. The SMILES string of the molecule is CC(C)(C)CC(C)(C)OC(=O)N(C(=O)O)c1ccc(Br)cc1Cl. The second kappa shape index (κ2) is 7.09. The molecule has 0 aliphatic heterocycles. The minimum absolute atomic E-state index is 0.0546. The molecule has 1 rings (SSSR count). The van der Waals surface area contributed by atoms with Crippen LogP contribution in [0.1, 0.15) is 41.0 Å². The van der Waals surface area contributed by atoms with Gasteiger partial charge in [0.05, 0.1) is 10.7 Å². The predicted molar refractivity (Wildman–Crippen MR) is 94.3 cm³/mol. The zero-order valence-corrected chi connectivity index (χ0v) is 16.2. The molecule has 7 heteroatoms. The number of carbonyl (C=O) groups excluding carboxylic acids is 1. The lowest BCUT2D eigenvalue weighted by atomic mass is 9.84. The fraction of sp³-hybridized carbons (Fsp3) is 0.500. The number of amides is 2. The number of hydrogen-bond donors (Lipinski definition) is 1. The average Bonchev–Trinajstić information content (AvgIpc) is 2.27. The van der Waals surface area contributed by atoms with Crippen LogP contribution in [-0.2, 0) is 4.74 Å². The molecule has 0 aromatic heterocycles. The molecule has 1 N–H and O–H groups in total. The summed E-state index contributed by atoms with van der Waals surface area (Å²) >= 11 is 9.28. The smallest absolute Gasteiger partial charge is 0.424 e. The molecule has 2 amide bonds. The van der Waals surface area contributed by atoms with Gasteiger partial charge in [0.25, 0.3) is 0 Å². The summed E-state index contributed by atoms with van der Waals surface area (Å²) < 4.78 is 6.09. The lowest BCUT2D eigenvalue weighted by Crippen LogP contribution is -2.42. The van der Waals surface area contributed by atoms with E-state index in [4.69, 9.17) is 16.3 Å². The Kier molecular flexibility index (Phi) is 6.10. The van der Waals surface area contributed by atoms with Crippen LogP contribution in [0.5, 0.6) is 0 Å². The van der Waals surface area contributed by atoms with Gasteiger partial charge in [-0.15, -0.1) is 0 Å². The summed E-state index contributed by atoms with van der Waals surface area (Å²) in [4.78, 5) is 24.4. The molecule has 0 bridgehead atoms. The van der Waals surface area contributed by atoms with E-state index in [9.17, 15) is 14.7 Å². The van der Waals surface area contributed by atoms with E-state index in [1.807, 2.05) is 20.8 Å². The number of imide groups is 1. The van der Waals surface area contributed by atoms with Gasteiger partial charge in [-0.05, 0) is 43.9 Å². The van der Waals surface area contributed by atoms with Crippen LogP contribution in [0, 0.1) is 5.41 Å². The van der Waals surface area contributed by atoms with Gasteiger partial charge in [-0.25, -0.2) is 9.59 Å². The van der Waals surface area contributed by atoms with Crippen molar-refractivity contribution in [2.45, 2.75) is 46.6 Å². The zero-order valence-electron chi connectivity index (χ0n) is 13.8. The minimum Gasteiger partial charge on any atom is -0.464 e. The summed E-state index contributed by atoms with van der Waals surface area (Å²) in [7, 11) is 0. The molecule has 5 nitrogen and oxygen atoms in total. The quantitative estimate of drug-likeness (QED) is 0.674. The molecule has 128 valence electrons. The molecule has 1 aromatic carbocycles. The van der Waals surface area contributed by atoms with E-state index in [0.717, 1.165) is 0 Å². The van der Waals surface area contributed by atoms with Crippen molar-refractivity contribution in [3.63, 3.8) is 0 Å². The third kappa shape index (κ3) is 6.03. The van der Waals surface area contributed by atoms with Crippen molar-refractivity contribution < 1.29 is 19.4 Å². The molecular weight excluding hydrogens is 386 g/mol. The second-order valence-corrected chi connectivity index (χ2v) is 8.40. The van der Waals surface area contributed by atoms with Crippen molar-refractivity contribution in [1.29, 1.82) is 0 Å². The van der Waals surface area contributed by atoms with Crippen molar-refractivity contribution in [3.8, 4) is 0 Å². The molecule has 1 aromatic rings. The van der Waals surface area contributed by atoms with Crippen LogP contribution in [0.25, 0.3) is 0 Å². The largest absolute Gasteiger partial charge is 0.464 e. The van der Waals surface area contributed by atoms with Gasteiger partial charge >= 0.3 is 12.2 Å². The number of hydrogen-bond acceptors (Lipinski definition) is 3. The summed E-state index contributed by atoms with van der Waals surface area (Å²) in [5.41, 5.74) is -0.836. The Balaban J connectivity index is 3.07. The van der Waals surface area contributed by atoms with Gasteiger partial charge in [-0.3, -0.25) is 0 Å². The molecule has 0 heterocycles. The molecular formula is C16H21BrClNO4. The zero-order chi connectivity index (χ0) is 18.0. The van der Waals surface area contributed by atoms with E-state index >= 15 is 0 Å².